The lowest BCUT2D eigenvalue weighted by Crippen LogP contribution is -2.15. The smallest absolute Gasteiger partial charge is 0.281 e. The third kappa shape index (κ3) is 6.51. The van der Waals surface area contributed by atoms with E-state index in [1.165, 1.54) is 29.7 Å². The molecule has 40 heavy (non-hydrogen) atoms. The Bertz CT molecular complexity index is 1530. The normalized spacial score (nSPS) is 11.3. The molecular formula is C27H28N8O5. The van der Waals surface area contributed by atoms with Crippen molar-refractivity contribution in [2.24, 2.45) is 0 Å². The maximum Gasteiger partial charge on any atom is 0.281 e. The standard InChI is InChI=1S/C27H28N8O5/c1-5-39-23-15-35(21-14-29-16-32-26(21)28)34-25(23)27(36)33-24-7-6-18(13-31-24)40-22-8-10-30-20(12-17(2)38-4)19(22)9-11-37-3/h6-16H,5H2,1-4H3,(H2,28,29,32)(H,31,33,36)/b11-9+,17-12+. The number of nitrogens with two attached hydrogens (primary N) is 1. The number of anilines is 2. The van der Waals surface area contributed by atoms with Gasteiger partial charge in [0.25, 0.3) is 5.91 Å². The summed E-state index contributed by atoms with van der Waals surface area (Å²) in [7, 11) is 3.13. The second-order valence-corrected chi connectivity index (χ2v) is 8.05. The van der Waals surface area contributed by atoms with Crippen LogP contribution in [0.5, 0.6) is 17.2 Å². The van der Waals surface area contributed by atoms with E-state index < -0.39 is 5.91 Å². The zero-order chi connectivity index (χ0) is 28.5. The van der Waals surface area contributed by atoms with Crippen molar-refractivity contribution in [1.29, 1.82) is 0 Å². The molecular weight excluding hydrogens is 516 g/mol. The van der Waals surface area contributed by atoms with Crippen molar-refractivity contribution in [3.63, 3.8) is 0 Å². The molecule has 0 radical (unpaired) electrons. The number of nitrogen functional groups attached to an aromatic ring is 1. The van der Waals surface area contributed by atoms with Crippen LogP contribution in [0.1, 0.15) is 35.6 Å². The minimum Gasteiger partial charge on any atom is -0.504 e. The Morgan fingerprint density at radius 3 is 2.67 bits per heavy atom. The van der Waals surface area contributed by atoms with Gasteiger partial charge in [0.15, 0.2) is 17.3 Å². The Balaban J connectivity index is 1.54. The molecule has 4 aromatic rings. The number of methoxy groups -OCH3 is 2. The maximum absolute atomic E-state index is 13.1. The third-order valence-corrected chi connectivity index (χ3v) is 5.38. The molecule has 0 fully saturated rings. The van der Waals surface area contributed by atoms with Gasteiger partial charge in [-0.15, -0.1) is 0 Å². The van der Waals surface area contributed by atoms with Gasteiger partial charge in [-0.3, -0.25) is 9.78 Å². The highest BCUT2D eigenvalue weighted by molar-refractivity contribution is 6.04. The second-order valence-electron chi connectivity index (χ2n) is 8.05. The summed E-state index contributed by atoms with van der Waals surface area (Å²) >= 11 is 0. The zero-order valence-electron chi connectivity index (χ0n) is 22.4. The number of hydrogen-bond acceptors (Lipinski definition) is 11. The first-order chi connectivity index (χ1) is 19.4. The molecule has 13 heteroatoms. The molecule has 0 aliphatic rings. The number of nitrogens with zero attached hydrogens (tertiary/aromatic N) is 6. The van der Waals surface area contributed by atoms with Crippen LogP contribution in [0.2, 0.25) is 0 Å². The van der Waals surface area contributed by atoms with Crippen molar-refractivity contribution in [2.75, 3.05) is 31.9 Å². The SMILES string of the molecule is CCOc1cn(-c2cncnc2N)nc1C(=O)Nc1ccc(Oc2ccnc(/C=C(\C)OC)c2/C=C/OC)cn1. The molecule has 4 aromatic heterocycles. The summed E-state index contributed by atoms with van der Waals surface area (Å²) in [6.07, 6.45) is 12.5. The maximum atomic E-state index is 13.1. The van der Waals surface area contributed by atoms with Gasteiger partial charge in [-0.2, -0.15) is 5.10 Å². The van der Waals surface area contributed by atoms with Crippen LogP contribution in [0.3, 0.4) is 0 Å². The van der Waals surface area contributed by atoms with Crippen molar-refractivity contribution >= 4 is 29.7 Å². The van der Waals surface area contributed by atoms with E-state index in [1.807, 2.05) is 6.92 Å². The summed E-state index contributed by atoms with van der Waals surface area (Å²) in [5.74, 6) is 1.87. The van der Waals surface area contributed by atoms with Crippen molar-refractivity contribution in [1.82, 2.24) is 29.7 Å². The molecule has 4 rings (SSSR count). The molecule has 1 amide bonds. The van der Waals surface area contributed by atoms with Gasteiger partial charge in [-0.1, -0.05) is 0 Å². The van der Waals surface area contributed by atoms with E-state index in [1.54, 1.807) is 63.9 Å². The molecule has 0 aliphatic carbocycles. The fourth-order valence-electron chi connectivity index (χ4n) is 3.46. The summed E-state index contributed by atoms with van der Waals surface area (Å²) < 4.78 is 23.4. The highest BCUT2D eigenvalue weighted by atomic mass is 16.5. The van der Waals surface area contributed by atoms with Crippen LogP contribution in [0, 0.1) is 0 Å². The van der Waals surface area contributed by atoms with Crippen LogP contribution < -0.4 is 20.5 Å². The molecule has 3 N–H and O–H groups in total. The fourth-order valence-corrected chi connectivity index (χ4v) is 3.46. The first-order valence-electron chi connectivity index (χ1n) is 12.1. The fraction of sp³-hybridized carbons (Fsp3) is 0.185. The predicted octanol–water partition coefficient (Wildman–Crippen LogP) is 4.10. The first kappa shape index (κ1) is 27.6. The number of pyridine rings is 2. The van der Waals surface area contributed by atoms with Crippen molar-refractivity contribution in [3.8, 4) is 22.9 Å². The van der Waals surface area contributed by atoms with Crippen molar-refractivity contribution < 1.29 is 23.7 Å². The first-order valence-corrected chi connectivity index (χ1v) is 12.1. The van der Waals surface area contributed by atoms with Crippen molar-refractivity contribution in [2.45, 2.75) is 13.8 Å². The lowest BCUT2D eigenvalue weighted by molar-refractivity contribution is 0.101. The average Bonchev–Trinajstić information content (AvgIpc) is 3.38. The molecule has 4 heterocycles. The summed E-state index contributed by atoms with van der Waals surface area (Å²) in [5.41, 5.74) is 7.70. The van der Waals surface area contributed by atoms with Gasteiger partial charge < -0.3 is 30.0 Å². The number of ether oxygens (including phenoxy) is 4. The summed E-state index contributed by atoms with van der Waals surface area (Å²) in [5, 5.41) is 7.05. The minimum atomic E-state index is -0.523. The Hall–Kier alpha value is -5.46. The predicted molar refractivity (Wildman–Crippen MR) is 148 cm³/mol. The second kappa shape index (κ2) is 12.9. The van der Waals surface area contributed by atoms with Gasteiger partial charge >= 0.3 is 0 Å². The van der Waals surface area contributed by atoms with Gasteiger partial charge in [-0.05, 0) is 38.1 Å². The molecule has 13 nitrogen and oxygen atoms in total. The average molecular weight is 545 g/mol. The van der Waals surface area contributed by atoms with Gasteiger partial charge in [0.05, 0.1) is 57.1 Å². The quantitative estimate of drug-likeness (QED) is 0.261. The number of hydrogen-bond donors (Lipinski definition) is 2. The summed E-state index contributed by atoms with van der Waals surface area (Å²) in [4.78, 5) is 29.7. The molecule has 0 aliphatic heterocycles. The van der Waals surface area contributed by atoms with Gasteiger partial charge in [-0.25, -0.2) is 19.6 Å². The Kier molecular flexibility index (Phi) is 8.87. The molecule has 0 spiro atoms. The van der Waals surface area contributed by atoms with E-state index >= 15 is 0 Å². The number of carbonyl (C=O) groups is 1. The number of amides is 1. The highest BCUT2D eigenvalue weighted by Gasteiger charge is 2.20. The largest absolute Gasteiger partial charge is 0.504 e. The molecule has 0 atom stereocenters. The van der Waals surface area contributed by atoms with E-state index in [2.05, 4.69) is 30.4 Å². The van der Waals surface area contributed by atoms with Crippen molar-refractivity contribution in [3.05, 3.63) is 78.3 Å². The number of aromatic nitrogens is 6. The highest BCUT2D eigenvalue weighted by Crippen LogP contribution is 2.29. The van der Waals surface area contributed by atoms with Crippen LogP contribution in [0.15, 0.2) is 61.3 Å². The number of allylic oxidation sites excluding steroid dienone is 1. The summed E-state index contributed by atoms with van der Waals surface area (Å²) in [6.45, 7) is 3.95. The van der Waals surface area contributed by atoms with Crippen LogP contribution in [0.25, 0.3) is 17.8 Å². The lowest BCUT2D eigenvalue weighted by Gasteiger charge is -2.12. The van der Waals surface area contributed by atoms with Gasteiger partial charge in [0, 0.05) is 17.8 Å². The molecule has 0 bridgehead atoms. The monoisotopic (exact) mass is 544 g/mol. The van der Waals surface area contributed by atoms with E-state index in [-0.39, 0.29) is 23.1 Å². The van der Waals surface area contributed by atoms with Crippen LogP contribution in [-0.2, 0) is 9.47 Å². The number of rotatable bonds is 11. The van der Waals surface area contributed by atoms with Crippen LogP contribution in [0.4, 0.5) is 11.6 Å². The lowest BCUT2D eigenvalue weighted by atomic mass is 10.1. The van der Waals surface area contributed by atoms with E-state index in [9.17, 15) is 4.79 Å². The Labute approximate surface area is 230 Å². The Morgan fingerprint density at radius 1 is 1.12 bits per heavy atom. The molecule has 0 saturated carbocycles. The van der Waals surface area contributed by atoms with E-state index in [4.69, 9.17) is 24.7 Å². The molecule has 0 unspecified atom stereocenters. The summed E-state index contributed by atoms with van der Waals surface area (Å²) in [6, 6.07) is 5.00. The number of nitrogens with one attached hydrogen (secondary N) is 1. The van der Waals surface area contributed by atoms with Crippen LogP contribution in [-0.4, -0.2) is 56.5 Å². The zero-order valence-corrected chi connectivity index (χ0v) is 22.4. The Morgan fingerprint density at radius 2 is 1.98 bits per heavy atom. The third-order valence-electron chi connectivity index (χ3n) is 5.38. The molecule has 206 valence electrons. The minimum absolute atomic E-state index is 0.0468. The topological polar surface area (TPSA) is 161 Å². The molecule has 0 saturated heterocycles. The van der Waals surface area contributed by atoms with Gasteiger partial charge in [0.2, 0.25) is 0 Å². The van der Waals surface area contributed by atoms with E-state index in [0.29, 0.717) is 40.8 Å². The van der Waals surface area contributed by atoms with E-state index in [0.717, 1.165) is 0 Å². The number of carbonyl (C=O) groups excluding carboxylic acids is 1. The van der Waals surface area contributed by atoms with Crippen LogP contribution >= 0.6 is 0 Å². The van der Waals surface area contributed by atoms with Gasteiger partial charge in [0.1, 0.15) is 29.3 Å². The molecule has 0 aromatic carbocycles.